The molecule has 3 atom stereocenters. The molecule has 1 aliphatic rings. The molecule has 1 heterocycles. The molecule has 2 aromatic rings. The Morgan fingerprint density at radius 2 is 1.95 bits per heavy atom. The number of rotatable bonds is 8. The molecule has 3 rings (SSSR count). The zero-order valence-electron chi connectivity index (χ0n) is 22.4. The second-order valence-corrected chi connectivity index (χ2v) is 9.94. The second-order valence-electron chi connectivity index (χ2n) is 9.94. The van der Waals surface area contributed by atoms with E-state index in [0.717, 1.165) is 12.0 Å². The number of hydrogen-bond donors (Lipinski definition) is 5. The van der Waals surface area contributed by atoms with Crippen LogP contribution in [0, 0.1) is 5.82 Å². The number of ether oxygens (including phenoxy) is 1. The van der Waals surface area contributed by atoms with Crippen molar-refractivity contribution in [1.82, 2.24) is 16.0 Å². The van der Waals surface area contributed by atoms with Crippen LogP contribution < -0.4 is 26.4 Å². The van der Waals surface area contributed by atoms with Gasteiger partial charge in [0.25, 0.3) is 0 Å². The van der Waals surface area contributed by atoms with Crippen molar-refractivity contribution in [3.8, 4) is 5.75 Å². The Balaban J connectivity index is 1.80. The van der Waals surface area contributed by atoms with Gasteiger partial charge >= 0.3 is 0 Å². The lowest BCUT2D eigenvalue weighted by Crippen LogP contribution is -2.55. The smallest absolute Gasteiger partial charge is 0.243 e. The lowest BCUT2D eigenvalue weighted by atomic mass is 9.99. The number of primary amides is 1. The first kappa shape index (κ1) is 30.0. The summed E-state index contributed by atoms with van der Waals surface area (Å²) in [7, 11) is 0. The maximum Gasteiger partial charge on any atom is 0.243 e. The highest BCUT2D eigenvalue weighted by molar-refractivity contribution is 5.91. The van der Waals surface area contributed by atoms with Gasteiger partial charge < -0.3 is 31.5 Å². The van der Waals surface area contributed by atoms with Gasteiger partial charge in [-0.1, -0.05) is 31.2 Å². The highest BCUT2D eigenvalue weighted by Crippen LogP contribution is 2.20. The molecule has 0 saturated heterocycles. The Kier molecular flexibility index (Phi) is 11.7. The Hall–Kier alpha value is -3.50. The number of carbonyl (C=O) groups excluding carboxylic acids is 3. The molecule has 0 spiro atoms. The van der Waals surface area contributed by atoms with Crippen LogP contribution in [0.25, 0.3) is 0 Å². The molecule has 0 aliphatic carbocycles. The van der Waals surface area contributed by atoms with Gasteiger partial charge in [0.2, 0.25) is 17.7 Å². The molecular weight excluding hydrogens is 503 g/mol. The molecule has 0 fully saturated rings. The topological polar surface area (TPSA) is 143 Å². The fourth-order valence-corrected chi connectivity index (χ4v) is 4.54. The number of benzene rings is 2. The lowest BCUT2D eigenvalue weighted by Gasteiger charge is -2.27. The highest BCUT2D eigenvalue weighted by atomic mass is 19.1. The third kappa shape index (κ3) is 10.3. The number of aryl methyl sites for hydroxylation is 1. The van der Waals surface area contributed by atoms with E-state index in [1.807, 2.05) is 18.2 Å². The monoisotopic (exact) mass is 542 g/mol. The summed E-state index contributed by atoms with van der Waals surface area (Å²) in [5.74, 6) is -1.90. The number of aliphatic hydroxyl groups is 1. The fraction of sp³-hybridized carbons (Fsp3) is 0.483. The largest absolute Gasteiger partial charge is 0.493 e. The van der Waals surface area contributed by atoms with Crippen LogP contribution in [0.5, 0.6) is 5.75 Å². The molecule has 2 aromatic carbocycles. The Labute approximate surface area is 228 Å². The predicted molar refractivity (Wildman–Crippen MR) is 145 cm³/mol. The number of fused-ring (bicyclic) bond motifs is 2. The van der Waals surface area contributed by atoms with E-state index in [1.54, 1.807) is 6.07 Å². The molecule has 0 saturated carbocycles. The molecule has 6 N–H and O–H groups in total. The summed E-state index contributed by atoms with van der Waals surface area (Å²) in [6.45, 7) is 3.07. The molecule has 9 nitrogen and oxygen atoms in total. The zero-order valence-corrected chi connectivity index (χ0v) is 22.4. The third-order valence-corrected chi connectivity index (χ3v) is 6.63. The molecule has 10 heteroatoms. The molecule has 0 aromatic heterocycles. The minimum absolute atomic E-state index is 0.0886. The van der Waals surface area contributed by atoms with Crippen molar-refractivity contribution in [3.63, 3.8) is 0 Å². The maximum absolute atomic E-state index is 14.4. The molecule has 0 radical (unpaired) electrons. The van der Waals surface area contributed by atoms with Crippen molar-refractivity contribution >= 4 is 17.7 Å². The molecule has 2 bridgehead atoms. The van der Waals surface area contributed by atoms with Gasteiger partial charge in [-0.05, 0) is 60.9 Å². The van der Waals surface area contributed by atoms with Crippen molar-refractivity contribution in [1.29, 1.82) is 0 Å². The van der Waals surface area contributed by atoms with Crippen LogP contribution in [-0.4, -0.2) is 54.2 Å². The zero-order chi connectivity index (χ0) is 28.2. The first-order valence-electron chi connectivity index (χ1n) is 13.5. The standard InChI is InChI=1S/C29H39FN4O5/c1-2-19-7-6-8-20(11-19)17-32-18-26(35)24-14-21-12-22(30)15-23(13-21)39-10-5-3-4-9-28(37)33-25(16-27(31)36)29(38)34-24/h6-8,11-13,15,24-26,32,35H,2-5,9-10,14,16-18H2,1H3,(H2,31,36)(H,33,37)(H,34,38)/t24-,25-,26+/m0/s1. The number of nitrogens with two attached hydrogens (primary N) is 1. The quantitative estimate of drug-likeness (QED) is 0.345. The predicted octanol–water partition coefficient (Wildman–Crippen LogP) is 1.88. The van der Waals surface area contributed by atoms with Gasteiger partial charge in [0, 0.05) is 25.6 Å². The van der Waals surface area contributed by atoms with Gasteiger partial charge in [-0.2, -0.15) is 0 Å². The SMILES string of the molecule is CCc1cccc(CNC[C@@H](O)[C@@H]2Cc3cc(F)cc(c3)OCCCCCC(=O)N[C@@H](CC(N)=O)C(=O)N2)c1. The van der Waals surface area contributed by atoms with Gasteiger partial charge in [-0.25, -0.2) is 4.39 Å². The number of halogens is 1. The van der Waals surface area contributed by atoms with Gasteiger partial charge in [0.05, 0.1) is 25.2 Å². The molecular formula is C29H39FN4O5. The average molecular weight is 543 g/mol. The number of amides is 3. The number of nitrogens with one attached hydrogen (secondary N) is 3. The fourth-order valence-electron chi connectivity index (χ4n) is 4.54. The van der Waals surface area contributed by atoms with E-state index in [-0.39, 0.29) is 31.7 Å². The van der Waals surface area contributed by atoms with Crippen LogP contribution in [0.15, 0.2) is 42.5 Å². The maximum atomic E-state index is 14.4. The number of hydrogen-bond acceptors (Lipinski definition) is 6. The summed E-state index contributed by atoms with van der Waals surface area (Å²) in [6, 6.07) is 10.4. The Morgan fingerprint density at radius 1 is 1.15 bits per heavy atom. The van der Waals surface area contributed by atoms with Crippen molar-refractivity contribution < 1.29 is 28.6 Å². The third-order valence-electron chi connectivity index (χ3n) is 6.63. The number of aliphatic hydroxyl groups excluding tert-OH is 1. The summed E-state index contributed by atoms with van der Waals surface area (Å²) in [5, 5.41) is 19.7. The summed E-state index contributed by atoms with van der Waals surface area (Å²) in [5.41, 5.74) is 8.12. The van der Waals surface area contributed by atoms with Crippen molar-refractivity contribution in [2.75, 3.05) is 13.2 Å². The lowest BCUT2D eigenvalue weighted by molar-refractivity contribution is -0.132. The summed E-state index contributed by atoms with van der Waals surface area (Å²) in [4.78, 5) is 37.3. The molecule has 212 valence electrons. The summed E-state index contributed by atoms with van der Waals surface area (Å²) in [6.07, 6.45) is 1.64. The molecule has 39 heavy (non-hydrogen) atoms. The van der Waals surface area contributed by atoms with Gasteiger partial charge in [0.15, 0.2) is 0 Å². The first-order valence-corrected chi connectivity index (χ1v) is 13.5. The molecule has 0 unspecified atom stereocenters. The van der Waals surface area contributed by atoms with Crippen LogP contribution in [-0.2, 0) is 33.8 Å². The second kappa shape index (κ2) is 15.2. The Morgan fingerprint density at radius 3 is 2.72 bits per heavy atom. The van der Waals surface area contributed by atoms with Gasteiger partial charge in [0.1, 0.15) is 17.6 Å². The minimum atomic E-state index is -1.19. The first-order chi connectivity index (χ1) is 18.7. The summed E-state index contributed by atoms with van der Waals surface area (Å²) < 4.78 is 20.1. The van der Waals surface area contributed by atoms with E-state index in [4.69, 9.17) is 10.5 Å². The van der Waals surface area contributed by atoms with Gasteiger partial charge in [-0.15, -0.1) is 0 Å². The van der Waals surface area contributed by atoms with E-state index in [1.165, 1.54) is 17.7 Å². The minimum Gasteiger partial charge on any atom is -0.493 e. The van der Waals surface area contributed by atoms with Crippen LogP contribution in [0.4, 0.5) is 4.39 Å². The van der Waals surface area contributed by atoms with Crippen LogP contribution in [0.1, 0.15) is 55.7 Å². The molecule has 1 aliphatic heterocycles. The van der Waals surface area contributed by atoms with E-state index in [9.17, 15) is 23.9 Å². The van der Waals surface area contributed by atoms with E-state index in [2.05, 4.69) is 28.9 Å². The van der Waals surface area contributed by atoms with E-state index in [0.29, 0.717) is 43.7 Å². The van der Waals surface area contributed by atoms with Gasteiger partial charge in [-0.3, -0.25) is 14.4 Å². The van der Waals surface area contributed by atoms with Crippen LogP contribution >= 0.6 is 0 Å². The Bertz CT molecular complexity index is 1130. The average Bonchev–Trinajstić information content (AvgIpc) is 2.89. The van der Waals surface area contributed by atoms with Crippen molar-refractivity contribution in [3.05, 3.63) is 65.0 Å². The van der Waals surface area contributed by atoms with Crippen molar-refractivity contribution in [2.24, 2.45) is 5.73 Å². The van der Waals surface area contributed by atoms with E-state index >= 15 is 0 Å². The van der Waals surface area contributed by atoms with Crippen molar-refractivity contribution in [2.45, 2.75) is 76.6 Å². The van der Waals surface area contributed by atoms with Crippen LogP contribution in [0.2, 0.25) is 0 Å². The van der Waals surface area contributed by atoms with E-state index < -0.39 is 35.8 Å². The highest BCUT2D eigenvalue weighted by Gasteiger charge is 2.28. The number of carbonyl (C=O) groups is 3. The molecule has 3 amide bonds. The normalized spacial score (nSPS) is 19.9. The van der Waals surface area contributed by atoms with Crippen LogP contribution in [0.3, 0.4) is 0 Å². The summed E-state index contributed by atoms with van der Waals surface area (Å²) >= 11 is 0.